The molecule has 0 saturated heterocycles. The van der Waals surface area contributed by atoms with E-state index in [1.54, 1.807) is 25.3 Å². The molecule has 0 aliphatic carbocycles. The molecule has 0 amide bonds. The zero-order valence-corrected chi connectivity index (χ0v) is 13.2. The molecule has 0 radical (unpaired) electrons. The predicted molar refractivity (Wildman–Crippen MR) is 86.7 cm³/mol. The second-order valence-corrected chi connectivity index (χ2v) is 6.16. The van der Waals surface area contributed by atoms with Crippen molar-refractivity contribution in [3.63, 3.8) is 0 Å². The highest BCUT2D eigenvalue weighted by molar-refractivity contribution is 14.1. The number of ether oxygens (including phenoxy) is 1. The maximum atomic E-state index is 5.22. The van der Waals surface area contributed by atoms with Gasteiger partial charge in [-0.25, -0.2) is 4.98 Å². The highest BCUT2D eigenvalue weighted by atomic mass is 127. The highest BCUT2D eigenvalue weighted by Crippen LogP contribution is 2.30. The molecule has 2 aromatic heterocycles. The molecule has 0 N–H and O–H groups in total. The molecule has 0 aliphatic rings. The zero-order valence-electron chi connectivity index (χ0n) is 10.2. The van der Waals surface area contributed by atoms with E-state index in [9.17, 15) is 0 Å². The third kappa shape index (κ3) is 2.57. The first-order valence-corrected chi connectivity index (χ1v) is 7.57. The summed E-state index contributed by atoms with van der Waals surface area (Å²) in [5, 5.41) is 1.11. The van der Waals surface area contributed by atoms with Crippen LogP contribution in [0.2, 0.25) is 0 Å². The van der Waals surface area contributed by atoms with Gasteiger partial charge in [0.1, 0.15) is 5.75 Å². The lowest BCUT2D eigenvalue weighted by molar-refractivity contribution is 0.413. The van der Waals surface area contributed by atoms with Gasteiger partial charge in [-0.15, -0.1) is 0 Å². The minimum Gasteiger partial charge on any atom is -0.495 e. The molecule has 0 fully saturated rings. The van der Waals surface area contributed by atoms with Crippen LogP contribution in [-0.4, -0.2) is 16.1 Å². The molecule has 3 nitrogen and oxygen atoms in total. The van der Waals surface area contributed by atoms with Gasteiger partial charge in [0, 0.05) is 20.0 Å². The van der Waals surface area contributed by atoms with Gasteiger partial charge in [0.05, 0.1) is 13.3 Å². The fraction of sp³-hybridized carbons (Fsp3) is 0.0714. The van der Waals surface area contributed by atoms with E-state index in [1.807, 2.05) is 24.3 Å². The molecule has 2 heterocycles. The second-order valence-electron chi connectivity index (χ2n) is 3.95. The lowest BCUT2D eigenvalue weighted by Gasteiger charge is -2.04. The van der Waals surface area contributed by atoms with Crippen LogP contribution in [0.5, 0.6) is 5.75 Å². The monoisotopic (exact) mass is 382 g/mol. The fourth-order valence-corrected chi connectivity index (χ4v) is 3.56. The first-order valence-electron chi connectivity index (χ1n) is 5.72. The summed E-state index contributed by atoms with van der Waals surface area (Å²) in [5.41, 5.74) is 0.957. The van der Waals surface area contributed by atoms with E-state index in [0.717, 1.165) is 16.8 Å². The Balaban J connectivity index is 2.05. The van der Waals surface area contributed by atoms with E-state index in [-0.39, 0.29) is 0 Å². The molecular formula is C14H11IN2OS. The number of aromatic nitrogens is 2. The van der Waals surface area contributed by atoms with Crippen molar-refractivity contribution in [2.24, 2.45) is 0 Å². The molecule has 3 aromatic rings. The van der Waals surface area contributed by atoms with Gasteiger partial charge in [0.2, 0.25) is 0 Å². The van der Waals surface area contributed by atoms with Crippen LogP contribution in [-0.2, 0) is 0 Å². The fourth-order valence-electron chi connectivity index (χ4n) is 1.80. The molecule has 0 unspecified atom stereocenters. The van der Waals surface area contributed by atoms with Gasteiger partial charge in [-0.3, -0.25) is 3.97 Å². The number of hydrogen-bond donors (Lipinski definition) is 0. The average molecular weight is 382 g/mol. The van der Waals surface area contributed by atoms with E-state index >= 15 is 0 Å². The van der Waals surface area contributed by atoms with Crippen molar-refractivity contribution in [1.29, 1.82) is 0 Å². The summed E-state index contributed by atoms with van der Waals surface area (Å²) in [4.78, 5) is 5.67. The molecule has 5 heteroatoms. The second kappa shape index (κ2) is 5.42. The molecule has 19 heavy (non-hydrogen) atoms. The van der Waals surface area contributed by atoms with Crippen LogP contribution in [0.3, 0.4) is 0 Å². The van der Waals surface area contributed by atoms with Gasteiger partial charge < -0.3 is 4.74 Å². The van der Waals surface area contributed by atoms with Crippen LogP contribution in [0.25, 0.3) is 11.0 Å². The highest BCUT2D eigenvalue weighted by Gasteiger charge is 2.10. The molecule has 0 bridgehead atoms. The number of nitrogens with zero attached hydrogens (tertiary/aromatic N) is 2. The Labute approximate surface area is 129 Å². The number of rotatable bonds is 3. The SMILES string of the molecule is COc1cnc2c(c1)c(I)cn2Sc1ccccc1. The lowest BCUT2D eigenvalue weighted by Crippen LogP contribution is -1.89. The van der Waals surface area contributed by atoms with Crippen LogP contribution < -0.4 is 4.74 Å². The van der Waals surface area contributed by atoms with Crippen LogP contribution in [0, 0.1) is 3.57 Å². The van der Waals surface area contributed by atoms with Crippen molar-refractivity contribution in [2.75, 3.05) is 7.11 Å². The lowest BCUT2D eigenvalue weighted by atomic mass is 10.3. The predicted octanol–water partition coefficient (Wildman–Crippen LogP) is 4.20. The van der Waals surface area contributed by atoms with Crippen molar-refractivity contribution in [3.05, 3.63) is 52.4 Å². The first-order chi connectivity index (χ1) is 9.28. The van der Waals surface area contributed by atoms with Gasteiger partial charge >= 0.3 is 0 Å². The number of benzene rings is 1. The first kappa shape index (κ1) is 12.8. The molecule has 0 spiro atoms. The summed E-state index contributed by atoms with van der Waals surface area (Å²) in [6, 6.07) is 12.3. The quantitative estimate of drug-likeness (QED) is 0.636. The van der Waals surface area contributed by atoms with Crippen molar-refractivity contribution in [3.8, 4) is 5.75 Å². The summed E-state index contributed by atoms with van der Waals surface area (Å²) in [6.07, 6.45) is 3.84. The van der Waals surface area contributed by atoms with Gasteiger partial charge in [0.15, 0.2) is 5.65 Å². The molecule has 0 aliphatic heterocycles. The van der Waals surface area contributed by atoms with Crippen LogP contribution in [0.1, 0.15) is 0 Å². The Hall–Kier alpha value is -1.21. The third-order valence-electron chi connectivity index (χ3n) is 2.72. The van der Waals surface area contributed by atoms with Crippen LogP contribution >= 0.6 is 34.5 Å². The van der Waals surface area contributed by atoms with E-state index in [0.29, 0.717) is 0 Å². The van der Waals surface area contributed by atoms with Gasteiger partial charge in [-0.1, -0.05) is 18.2 Å². The molecule has 96 valence electrons. The van der Waals surface area contributed by atoms with Crippen LogP contribution in [0.15, 0.2) is 53.7 Å². The minimum absolute atomic E-state index is 0.785. The molecule has 0 atom stereocenters. The Kier molecular flexibility index (Phi) is 3.65. The Morgan fingerprint density at radius 1 is 1.26 bits per heavy atom. The van der Waals surface area contributed by atoms with Crippen molar-refractivity contribution < 1.29 is 4.74 Å². The summed E-state index contributed by atoms with van der Waals surface area (Å²) < 4.78 is 8.48. The summed E-state index contributed by atoms with van der Waals surface area (Å²) in [7, 11) is 1.66. The maximum absolute atomic E-state index is 5.22. The standard InChI is InChI=1S/C14H11IN2OS/c1-18-10-7-12-13(15)9-17(14(12)16-8-10)19-11-5-3-2-4-6-11/h2-9H,1H3. The number of hydrogen-bond acceptors (Lipinski definition) is 3. The van der Waals surface area contributed by atoms with Crippen molar-refractivity contribution in [2.45, 2.75) is 4.90 Å². The maximum Gasteiger partial charge on any atom is 0.151 e. The van der Waals surface area contributed by atoms with E-state index in [2.05, 4.69) is 49.9 Å². The van der Waals surface area contributed by atoms with Gasteiger partial charge in [-0.05, 0) is 52.7 Å². The Morgan fingerprint density at radius 2 is 2.05 bits per heavy atom. The summed E-state index contributed by atoms with van der Waals surface area (Å²) >= 11 is 3.98. The molecule has 3 rings (SSSR count). The molecular weight excluding hydrogens is 371 g/mol. The summed E-state index contributed by atoms with van der Waals surface area (Å²) in [6.45, 7) is 0. The minimum atomic E-state index is 0.785. The smallest absolute Gasteiger partial charge is 0.151 e. The van der Waals surface area contributed by atoms with Crippen molar-refractivity contribution in [1.82, 2.24) is 8.96 Å². The molecule has 1 aromatic carbocycles. The largest absolute Gasteiger partial charge is 0.495 e. The zero-order chi connectivity index (χ0) is 13.2. The number of pyridine rings is 1. The number of fused-ring (bicyclic) bond motifs is 1. The van der Waals surface area contributed by atoms with Crippen LogP contribution in [0.4, 0.5) is 0 Å². The van der Waals surface area contributed by atoms with E-state index in [1.165, 1.54) is 8.47 Å². The van der Waals surface area contributed by atoms with E-state index < -0.39 is 0 Å². The third-order valence-corrected chi connectivity index (χ3v) is 4.54. The number of halogens is 1. The van der Waals surface area contributed by atoms with Crippen molar-refractivity contribution >= 4 is 45.6 Å². The topological polar surface area (TPSA) is 27.1 Å². The Morgan fingerprint density at radius 3 is 2.79 bits per heavy atom. The summed E-state index contributed by atoms with van der Waals surface area (Å²) in [5.74, 6) is 0.785. The van der Waals surface area contributed by atoms with E-state index in [4.69, 9.17) is 4.74 Å². The number of methoxy groups -OCH3 is 1. The average Bonchev–Trinajstić information content (AvgIpc) is 2.76. The normalized spacial score (nSPS) is 10.8. The van der Waals surface area contributed by atoms with Gasteiger partial charge in [0.25, 0.3) is 0 Å². The Bertz CT molecular complexity index is 712. The van der Waals surface area contributed by atoms with Gasteiger partial charge in [-0.2, -0.15) is 0 Å². The molecule has 0 saturated carbocycles.